The molecule has 4 heteroatoms. The minimum Gasteiger partial charge on any atom is -0.348 e. The standard InChI is InChI=1S/C15H22N4/c1-13(10-16-11-15-17-8-9-18-15)19(2)12-14-6-4-3-5-7-14/h3-9,13,16H,10-12H2,1-2H3,(H,17,18). The first-order valence-corrected chi connectivity index (χ1v) is 6.69. The molecule has 0 bridgehead atoms. The van der Waals surface area contributed by atoms with E-state index in [1.54, 1.807) is 6.20 Å². The van der Waals surface area contributed by atoms with Gasteiger partial charge in [0, 0.05) is 31.5 Å². The number of aromatic amines is 1. The average Bonchev–Trinajstić information content (AvgIpc) is 2.93. The number of aromatic nitrogens is 2. The van der Waals surface area contributed by atoms with Gasteiger partial charge in [0.25, 0.3) is 0 Å². The monoisotopic (exact) mass is 258 g/mol. The highest BCUT2D eigenvalue weighted by molar-refractivity contribution is 5.14. The molecular formula is C15H22N4. The van der Waals surface area contributed by atoms with Gasteiger partial charge < -0.3 is 10.3 Å². The molecule has 4 nitrogen and oxygen atoms in total. The van der Waals surface area contributed by atoms with E-state index in [2.05, 4.69) is 64.5 Å². The molecule has 102 valence electrons. The Bertz CT molecular complexity index is 452. The summed E-state index contributed by atoms with van der Waals surface area (Å²) in [5.74, 6) is 0.984. The number of nitrogens with zero attached hydrogens (tertiary/aromatic N) is 2. The summed E-state index contributed by atoms with van der Waals surface area (Å²) < 4.78 is 0. The summed E-state index contributed by atoms with van der Waals surface area (Å²) in [6.07, 6.45) is 3.63. The number of rotatable bonds is 7. The molecule has 1 aromatic carbocycles. The highest BCUT2D eigenvalue weighted by Crippen LogP contribution is 2.05. The van der Waals surface area contributed by atoms with Crippen LogP contribution in [-0.2, 0) is 13.1 Å². The van der Waals surface area contributed by atoms with Crippen LogP contribution in [-0.4, -0.2) is 34.5 Å². The zero-order chi connectivity index (χ0) is 13.5. The molecular weight excluding hydrogens is 236 g/mol. The van der Waals surface area contributed by atoms with Crippen LogP contribution < -0.4 is 5.32 Å². The molecule has 0 aliphatic heterocycles. The van der Waals surface area contributed by atoms with Gasteiger partial charge in [-0.2, -0.15) is 0 Å². The lowest BCUT2D eigenvalue weighted by molar-refractivity contribution is 0.242. The van der Waals surface area contributed by atoms with E-state index in [1.807, 2.05) is 6.20 Å². The van der Waals surface area contributed by atoms with Crippen molar-refractivity contribution in [2.24, 2.45) is 0 Å². The van der Waals surface area contributed by atoms with Gasteiger partial charge in [-0.15, -0.1) is 0 Å². The fourth-order valence-electron chi connectivity index (χ4n) is 1.98. The van der Waals surface area contributed by atoms with E-state index in [0.717, 1.165) is 25.5 Å². The topological polar surface area (TPSA) is 44.0 Å². The largest absolute Gasteiger partial charge is 0.348 e. The summed E-state index contributed by atoms with van der Waals surface area (Å²) in [5, 5.41) is 3.42. The van der Waals surface area contributed by atoms with E-state index in [9.17, 15) is 0 Å². The van der Waals surface area contributed by atoms with Gasteiger partial charge in [0.2, 0.25) is 0 Å². The Hall–Kier alpha value is -1.65. The SMILES string of the molecule is CC(CNCc1ncc[nH]1)N(C)Cc1ccccc1. The summed E-state index contributed by atoms with van der Waals surface area (Å²) >= 11 is 0. The summed E-state index contributed by atoms with van der Waals surface area (Å²) in [7, 11) is 2.16. The van der Waals surface area contributed by atoms with Crippen LogP contribution >= 0.6 is 0 Å². The smallest absolute Gasteiger partial charge is 0.120 e. The van der Waals surface area contributed by atoms with Crippen molar-refractivity contribution >= 4 is 0 Å². The molecule has 1 heterocycles. The maximum absolute atomic E-state index is 4.19. The lowest BCUT2D eigenvalue weighted by atomic mass is 10.2. The Morgan fingerprint density at radius 2 is 2.11 bits per heavy atom. The molecule has 1 atom stereocenters. The Balaban J connectivity index is 1.71. The molecule has 0 saturated carbocycles. The van der Waals surface area contributed by atoms with Crippen molar-refractivity contribution in [3.63, 3.8) is 0 Å². The third-order valence-electron chi connectivity index (χ3n) is 3.31. The fourth-order valence-corrected chi connectivity index (χ4v) is 1.98. The second kappa shape index (κ2) is 7.07. The molecule has 0 aliphatic rings. The van der Waals surface area contributed by atoms with Crippen molar-refractivity contribution in [1.82, 2.24) is 20.2 Å². The highest BCUT2D eigenvalue weighted by atomic mass is 15.1. The zero-order valence-electron chi connectivity index (χ0n) is 11.6. The van der Waals surface area contributed by atoms with Crippen LogP contribution in [0.3, 0.4) is 0 Å². The first-order chi connectivity index (χ1) is 9.25. The van der Waals surface area contributed by atoms with E-state index in [4.69, 9.17) is 0 Å². The number of nitrogens with one attached hydrogen (secondary N) is 2. The fraction of sp³-hybridized carbons (Fsp3) is 0.400. The van der Waals surface area contributed by atoms with Gasteiger partial charge in [-0.1, -0.05) is 30.3 Å². The summed E-state index contributed by atoms with van der Waals surface area (Å²) in [4.78, 5) is 9.64. The quantitative estimate of drug-likeness (QED) is 0.798. The first-order valence-electron chi connectivity index (χ1n) is 6.69. The van der Waals surface area contributed by atoms with Crippen molar-refractivity contribution in [2.75, 3.05) is 13.6 Å². The molecule has 0 aliphatic carbocycles. The third-order valence-corrected chi connectivity index (χ3v) is 3.31. The van der Waals surface area contributed by atoms with Crippen LogP contribution in [0.25, 0.3) is 0 Å². The van der Waals surface area contributed by atoms with Crippen molar-refractivity contribution in [3.05, 3.63) is 54.1 Å². The average molecular weight is 258 g/mol. The molecule has 19 heavy (non-hydrogen) atoms. The Morgan fingerprint density at radius 1 is 1.32 bits per heavy atom. The van der Waals surface area contributed by atoms with E-state index in [1.165, 1.54) is 5.56 Å². The van der Waals surface area contributed by atoms with Gasteiger partial charge in [0.05, 0.1) is 6.54 Å². The van der Waals surface area contributed by atoms with Gasteiger partial charge in [-0.3, -0.25) is 4.90 Å². The molecule has 0 spiro atoms. The van der Waals surface area contributed by atoms with Gasteiger partial charge in [0.15, 0.2) is 0 Å². The minimum atomic E-state index is 0.482. The normalized spacial score (nSPS) is 12.8. The molecule has 1 unspecified atom stereocenters. The van der Waals surface area contributed by atoms with Crippen LogP contribution in [0.2, 0.25) is 0 Å². The lowest BCUT2D eigenvalue weighted by Crippen LogP contribution is -2.37. The molecule has 0 saturated heterocycles. The lowest BCUT2D eigenvalue weighted by Gasteiger charge is -2.25. The van der Waals surface area contributed by atoms with Crippen molar-refractivity contribution < 1.29 is 0 Å². The number of benzene rings is 1. The number of likely N-dealkylation sites (N-methyl/N-ethyl adjacent to an activating group) is 1. The Morgan fingerprint density at radius 3 is 2.79 bits per heavy atom. The number of H-pyrrole nitrogens is 1. The van der Waals surface area contributed by atoms with E-state index < -0.39 is 0 Å². The number of hydrogen-bond acceptors (Lipinski definition) is 3. The predicted octanol–water partition coefficient (Wildman–Crippen LogP) is 2.02. The van der Waals surface area contributed by atoms with Crippen molar-refractivity contribution in [3.8, 4) is 0 Å². The molecule has 2 N–H and O–H groups in total. The number of hydrogen-bond donors (Lipinski definition) is 2. The van der Waals surface area contributed by atoms with Crippen LogP contribution in [0, 0.1) is 0 Å². The van der Waals surface area contributed by atoms with E-state index in [-0.39, 0.29) is 0 Å². The first kappa shape index (κ1) is 13.8. The van der Waals surface area contributed by atoms with Gasteiger partial charge in [-0.05, 0) is 19.5 Å². The number of imidazole rings is 1. The van der Waals surface area contributed by atoms with Crippen molar-refractivity contribution in [1.29, 1.82) is 0 Å². The minimum absolute atomic E-state index is 0.482. The van der Waals surface area contributed by atoms with Crippen molar-refractivity contribution in [2.45, 2.75) is 26.1 Å². The summed E-state index contributed by atoms with van der Waals surface area (Å²) in [5.41, 5.74) is 1.35. The van der Waals surface area contributed by atoms with E-state index in [0.29, 0.717) is 6.04 Å². The summed E-state index contributed by atoms with van der Waals surface area (Å²) in [6, 6.07) is 11.0. The summed E-state index contributed by atoms with van der Waals surface area (Å²) in [6.45, 7) is 4.95. The third kappa shape index (κ3) is 4.50. The van der Waals surface area contributed by atoms with Crippen LogP contribution in [0.5, 0.6) is 0 Å². The molecule has 0 radical (unpaired) electrons. The molecule has 0 amide bonds. The molecule has 0 fully saturated rings. The van der Waals surface area contributed by atoms with E-state index >= 15 is 0 Å². The van der Waals surface area contributed by atoms with Crippen LogP contribution in [0.15, 0.2) is 42.7 Å². The predicted molar refractivity (Wildman–Crippen MR) is 77.7 cm³/mol. The Labute approximate surface area is 114 Å². The second-order valence-corrected chi connectivity index (χ2v) is 4.92. The maximum atomic E-state index is 4.19. The molecule has 1 aromatic heterocycles. The zero-order valence-corrected chi connectivity index (χ0v) is 11.6. The maximum Gasteiger partial charge on any atom is 0.120 e. The van der Waals surface area contributed by atoms with Crippen LogP contribution in [0.1, 0.15) is 18.3 Å². The molecule has 2 rings (SSSR count). The van der Waals surface area contributed by atoms with Gasteiger partial charge >= 0.3 is 0 Å². The van der Waals surface area contributed by atoms with Gasteiger partial charge in [-0.25, -0.2) is 4.98 Å². The molecule has 2 aromatic rings. The van der Waals surface area contributed by atoms with Crippen LogP contribution in [0.4, 0.5) is 0 Å². The highest BCUT2D eigenvalue weighted by Gasteiger charge is 2.09. The second-order valence-electron chi connectivity index (χ2n) is 4.92. The van der Waals surface area contributed by atoms with Gasteiger partial charge in [0.1, 0.15) is 5.82 Å². The Kier molecular flexibility index (Phi) is 5.12.